The number of halogens is 1. The predicted octanol–water partition coefficient (Wildman–Crippen LogP) is 3.00. The highest BCUT2D eigenvalue weighted by Crippen LogP contribution is 2.29. The van der Waals surface area contributed by atoms with E-state index in [4.69, 9.17) is 0 Å². The van der Waals surface area contributed by atoms with E-state index in [0.717, 1.165) is 30.1 Å². The number of rotatable bonds is 1. The van der Waals surface area contributed by atoms with Gasteiger partial charge in [0.2, 0.25) is 0 Å². The minimum absolute atomic E-state index is 0.0618. The Morgan fingerprint density at radius 1 is 1.37 bits per heavy atom. The summed E-state index contributed by atoms with van der Waals surface area (Å²) in [5, 5.41) is 4.67. The van der Waals surface area contributed by atoms with Gasteiger partial charge < -0.3 is 4.90 Å². The lowest BCUT2D eigenvalue weighted by atomic mass is 9.92. The first-order chi connectivity index (χ1) is 8.95. The van der Waals surface area contributed by atoms with Crippen LogP contribution in [0.15, 0.2) is 18.5 Å². The average Bonchev–Trinajstić information content (AvgIpc) is 2.93. The van der Waals surface area contributed by atoms with Crippen LogP contribution in [-0.4, -0.2) is 32.5 Å². The van der Waals surface area contributed by atoms with E-state index in [2.05, 4.69) is 57.8 Å². The van der Waals surface area contributed by atoms with Crippen molar-refractivity contribution in [1.82, 2.24) is 14.6 Å². The number of anilines is 1. The molecule has 1 saturated heterocycles. The molecule has 2 aromatic rings. The van der Waals surface area contributed by atoms with E-state index in [1.165, 1.54) is 6.42 Å². The van der Waals surface area contributed by atoms with Gasteiger partial charge in [-0.05, 0) is 12.5 Å². The van der Waals surface area contributed by atoms with Crippen LogP contribution in [0.3, 0.4) is 0 Å². The zero-order chi connectivity index (χ0) is 13.6. The monoisotopic (exact) mass is 322 g/mol. The van der Waals surface area contributed by atoms with Gasteiger partial charge in [-0.2, -0.15) is 5.10 Å². The summed E-state index contributed by atoms with van der Waals surface area (Å²) in [7, 11) is 0. The maximum atomic E-state index is 4.67. The maximum absolute atomic E-state index is 4.67. The summed E-state index contributed by atoms with van der Waals surface area (Å²) in [5.74, 6) is 1.05. The van der Waals surface area contributed by atoms with Crippen LogP contribution in [0.25, 0.3) is 5.52 Å². The van der Waals surface area contributed by atoms with Crippen LogP contribution in [0, 0.1) is 0 Å². The summed E-state index contributed by atoms with van der Waals surface area (Å²) < 4.78 is 1.95. The zero-order valence-corrected chi connectivity index (χ0v) is 13.2. The number of nitrogens with zero attached hydrogens (tertiary/aromatic N) is 4. The molecule has 1 aliphatic rings. The second kappa shape index (κ2) is 4.47. The standard InChI is InChI=1S/C14H19BrN4/c1-14(2,3)12-8-11-13(16-5-7-19(11)17-12)18-6-4-10(15)9-18/h5,7-8,10H,4,6,9H2,1-3H3. The lowest BCUT2D eigenvalue weighted by molar-refractivity contribution is 0.562. The van der Waals surface area contributed by atoms with Gasteiger partial charge in [-0.15, -0.1) is 0 Å². The van der Waals surface area contributed by atoms with E-state index in [1.54, 1.807) is 0 Å². The summed E-state index contributed by atoms with van der Waals surface area (Å²) in [6.07, 6.45) is 4.93. The molecule has 102 valence electrons. The minimum Gasteiger partial charge on any atom is -0.354 e. The second-order valence-electron chi connectivity index (χ2n) is 6.19. The third kappa shape index (κ3) is 2.36. The van der Waals surface area contributed by atoms with Gasteiger partial charge in [-0.3, -0.25) is 0 Å². The number of aromatic nitrogens is 3. The molecule has 1 fully saturated rings. The molecule has 0 aromatic carbocycles. The van der Waals surface area contributed by atoms with Crippen LogP contribution < -0.4 is 4.90 Å². The van der Waals surface area contributed by atoms with Gasteiger partial charge in [0.05, 0.1) is 5.69 Å². The van der Waals surface area contributed by atoms with E-state index in [-0.39, 0.29) is 5.41 Å². The van der Waals surface area contributed by atoms with Crippen molar-refractivity contribution in [2.45, 2.75) is 37.4 Å². The summed E-state index contributed by atoms with van der Waals surface area (Å²) in [6, 6.07) is 2.17. The highest BCUT2D eigenvalue weighted by molar-refractivity contribution is 9.09. The molecule has 3 heterocycles. The van der Waals surface area contributed by atoms with Crippen molar-refractivity contribution in [2.24, 2.45) is 0 Å². The first kappa shape index (κ1) is 12.9. The topological polar surface area (TPSA) is 33.4 Å². The molecule has 0 aliphatic carbocycles. The highest BCUT2D eigenvalue weighted by atomic mass is 79.9. The fourth-order valence-electron chi connectivity index (χ4n) is 2.43. The van der Waals surface area contributed by atoms with E-state index < -0.39 is 0 Å². The molecule has 19 heavy (non-hydrogen) atoms. The van der Waals surface area contributed by atoms with Crippen molar-refractivity contribution in [1.29, 1.82) is 0 Å². The molecular formula is C14H19BrN4. The van der Waals surface area contributed by atoms with Crippen LogP contribution in [0.4, 0.5) is 5.82 Å². The molecule has 0 spiro atoms. The molecule has 0 amide bonds. The third-order valence-electron chi connectivity index (χ3n) is 3.57. The summed E-state index contributed by atoms with van der Waals surface area (Å²) in [6.45, 7) is 8.63. The molecule has 0 radical (unpaired) electrons. The van der Waals surface area contributed by atoms with Gasteiger partial charge >= 0.3 is 0 Å². The Hall–Kier alpha value is -1.10. The molecule has 3 rings (SSSR count). The molecular weight excluding hydrogens is 304 g/mol. The van der Waals surface area contributed by atoms with Crippen molar-refractivity contribution in [3.05, 3.63) is 24.2 Å². The van der Waals surface area contributed by atoms with Gasteiger partial charge in [-0.1, -0.05) is 36.7 Å². The van der Waals surface area contributed by atoms with Crippen molar-refractivity contribution in [3.8, 4) is 0 Å². The molecule has 1 atom stereocenters. The van der Waals surface area contributed by atoms with Gasteiger partial charge in [-0.25, -0.2) is 9.50 Å². The van der Waals surface area contributed by atoms with E-state index in [1.807, 2.05) is 16.9 Å². The summed E-state index contributed by atoms with van der Waals surface area (Å²) in [4.78, 5) is 7.47. The van der Waals surface area contributed by atoms with Gasteiger partial charge in [0.15, 0.2) is 5.82 Å². The van der Waals surface area contributed by atoms with Crippen LogP contribution in [0.2, 0.25) is 0 Å². The number of alkyl halides is 1. The van der Waals surface area contributed by atoms with Crippen LogP contribution >= 0.6 is 15.9 Å². The predicted molar refractivity (Wildman–Crippen MR) is 81.2 cm³/mol. The Morgan fingerprint density at radius 3 is 2.79 bits per heavy atom. The second-order valence-corrected chi connectivity index (χ2v) is 7.49. The van der Waals surface area contributed by atoms with E-state index in [9.17, 15) is 0 Å². The SMILES string of the molecule is CC(C)(C)c1cc2c(N3CCC(Br)C3)nccn2n1. The van der Waals surface area contributed by atoms with Crippen molar-refractivity contribution in [3.63, 3.8) is 0 Å². The third-order valence-corrected chi connectivity index (χ3v) is 4.32. The average molecular weight is 323 g/mol. The van der Waals surface area contributed by atoms with Crippen LogP contribution in [0.5, 0.6) is 0 Å². The Morgan fingerprint density at radius 2 is 2.16 bits per heavy atom. The van der Waals surface area contributed by atoms with Gasteiger partial charge in [0.1, 0.15) is 5.52 Å². The molecule has 5 heteroatoms. The zero-order valence-electron chi connectivity index (χ0n) is 11.6. The lowest BCUT2D eigenvalue weighted by Crippen LogP contribution is -2.21. The Balaban J connectivity index is 2.08. The Labute approximate surface area is 121 Å². The van der Waals surface area contributed by atoms with Crippen molar-refractivity contribution < 1.29 is 0 Å². The molecule has 1 unspecified atom stereocenters. The first-order valence-electron chi connectivity index (χ1n) is 6.69. The lowest BCUT2D eigenvalue weighted by Gasteiger charge is -2.17. The fourth-order valence-corrected chi connectivity index (χ4v) is 2.98. The van der Waals surface area contributed by atoms with Gasteiger partial charge in [0.25, 0.3) is 0 Å². The number of hydrogen-bond acceptors (Lipinski definition) is 3. The summed E-state index contributed by atoms with van der Waals surface area (Å²) in [5.41, 5.74) is 2.28. The maximum Gasteiger partial charge on any atom is 0.154 e. The van der Waals surface area contributed by atoms with E-state index >= 15 is 0 Å². The quantitative estimate of drug-likeness (QED) is 0.757. The number of hydrogen-bond donors (Lipinski definition) is 0. The molecule has 2 aromatic heterocycles. The van der Waals surface area contributed by atoms with Crippen molar-refractivity contribution >= 4 is 27.3 Å². The minimum atomic E-state index is 0.0618. The first-order valence-corrected chi connectivity index (χ1v) is 7.60. The Bertz CT molecular complexity index is 599. The van der Waals surface area contributed by atoms with E-state index in [0.29, 0.717) is 4.83 Å². The smallest absolute Gasteiger partial charge is 0.154 e. The van der Waals surface area contributed by atoms with Crippen LogP contribution in [0.1, 0.15) is 32.9 Å². The molecule has 0 N–H and O–H groups in total. The summed E-state index contributed by atoms with van der Waals surface area (Å²) >= 11 is 3.69. The number of fused-ring (bicyclic) bond motifs is 1. The molecule has 4 nitrogen and oxygen atoms in total. The largest absolute Gasteiger partial charge is 0.354 e. The van der Waals surface area contributed by atoms with Crippen molar-refractivity contribution in [2.75, 3.05) is 18.0 Å². The molecule has 1 aliphatic heterocycles. The highest BCUT2D eigenvalue weighted by Gasteiger charge is 2.25. The van der Waals surface area contributed by atoms with Gasteiger partial charge in [0, 0.05) is 35.7 Å². The Kier molecular flexibility index (Phi) is 3.04. The molecule has 0 bridgehead atoms. The fraction of sp³-hybridized carbons (Fsp3) is 0.571. The van der Waals surface area contributed by atoms with Crippen LogP contribution in [-0.2, 0) is 5.41 Å². The normalized spacial score (nSPS) is 20.4. The molecule has 0 saturated carbocycles.